The number of benzene rings is 3. The molecule has 176 valence electrons. The van der Waals surface area contributed by atoms with Crippen molar-refractivity contribution in [3.05, 3.63) is 83.9 Å². The third-order valence-electron chi connectivity index (χ3n) is 6.94. The van der Waals surface area contributed by atoms with Crippen molar-refractivity contribution in [1.29, 1.82) is 0 Å². The van der Waals surface area contributed by atoms with Crippen LogP contribution in [0.3, 0.4) is 0 Å². The van der Waals surface area contributed by atoms with E-state index in [9.17, 15) is 9.90 Å². The monoisotopic (exact) mass is 458 g/mol. The van der Waals surface area contributed by atoms with Gasteiger partial charge in [0.15, 0.2) is 0 Å². The number of carbonyl (C=O) groups is 1. The topological polar surface area (TPSA) is 65.0 Å². The Morgan fingerprint density at radius 2 is 1.62 bits per heavy atom. The summed E-state index contributed by atoms with van der Waals surface area (Å²) >= 11 is 0. The van der Waals surface area contributed by atoms with E-state index in [1.54, 1.807) is 0 Å². The summed E-state index contributed by atoms with van der Waals surface area (Å²) in [5.74, 6) is 1.61. The zero-order valence-electron chi connectivity index (χ0n) is 19.2. The van der Waals surface area contributed by atoms with Crippen LogP contribution < -0.4 is 9.47 Å². The van der Waals surface area contributed by atoms with Gasteiger partial charge in [0, 0.05) is 0 Å². The van der Waals surface area contributed by atoms with Gasteiger partial charge < -0.3 is 19.3 Å². The molecule has 0 radical (unpaired) electrons. The minimum absolute atomic E-state index is 0.0770. The maximum Gasteiger partial charge on any atom is 0.304 e. The molecule has 5 nitrogen and oxygen atoms in total. The summed E-state index contributed by atoms with van der Waals surface area (Å²) in [4.78, 5) is 11.2. The zero-order valence-corrected chi connectivity index (χ0v) is 19.2. The summed E-state index contributed by atoms with van der Waals surface area (Å²) in [7, 11) is 0. The van der Waals surface area contributed by atoms with E-state index in [0.717, 1.165) is 46.3 Å². The molecule has 0 spiro atoms. The molecular weight excluding hydrogens is 428 g/mol. The molecule has 0 amide bonds. The lowest BCUT2D eigenvalue weighted by atomic mass is 9.76. The van der Waals surface area contributed by atoms with E-state index < -0.39 is 11.4 Å². The molecule has 0 aromatic heterocycles. The van der Waals surface area contributed by atoms with E-state index in [4.69, 9.17) is 14.2 Å². The predicted octanol–water partition coefficient (Wildman–Crippen LogP) is 5.85. The molecule has 2 aliphatic rings. The van der Waals surface area contributed by atoms with Crippen molar-refractivity contribution >= 4 is 5.97 Å². The molecule has 0 bridgehead atoms. The van der Waals surface area contributed by atoms with Crippen LogP contribution in [-0.2, 0) is 21.6 Å². The first kappa shape index (κ1) is 22.5. The van der Waals surface area contributed by atoms with Crippen LogP contribution in [0.1, 0.15) is 36.8 Å². The molecule has 0 unspecified atom stereocenters. The number of hydrogen-bond acceptors (Lipinski definition) is 4. The second-order valence-corrected chi connectivity index (χ2v) is 9.49. The summed E-state index contributed by atoms with van der Waals surface area (Å²) in [6.07, 6.45) is 3.99. The van der Waals surface area contributed by atoms with Crippen molar-refractivity contribution in [2.45, 2.75) is 37.7 Å². The molecule has 1 aliphatic carbocycles. The van der Waals surface area contributed by atoms with Crippen molar-refractivity contribution < 1.29 is 24.1 Å². The van der Waals surface area contributed by atoms with Crippen molar-refractivity contribution in [1.82, 2.24) is 0 Å². The summed E-state index contributed by atoms with van der Waals surface area (Å²) in [6.45, 7) is 2.17. The fourth-order valence-corrected chi connectivity index (χ4v) is 4.54. The van der Waals surface area contributed by atoms with Crippen molar-refractivity contribution in [3.8, 4) is 22.6 Å². The highest BCUT2D eigenvalue weighted by Crippen LogP contribution is 2.36. The van der Waals surface area contributed by atoms with Crippen LogP contribution in [0.4, 0.5) is 0 Å². The lowest BCUT2D eigenvalue weighted by Crippen LogP contribution is -2.48. The fourth-order valence-electron chi connectivity index (χ4n) is 4.54. The van der Waals surface area contributed by atoms with Crippen LogP contribution in [0.25, 0.3) is 11.1 Å². The second kappa shape index (κ2) is 9.90. The SMILES string of the molecule is O=C(O)CC1(c2ccc(OCc3cccc(-c4ccc(OCC5CCC5)cc4)c3)cc2)COC1. The Balaban J connectivity index is 1.18. The van der Waals surface area contributed by atoms with Gasteiger partial charge >= 0.3 is 5.97 Å². The van der Waals surface area contributed by atoms with Gasteiger partial charge in [-0.2, -0.15) is 0 Å². The predicted molar refractivity (Wildman–Crippen MR) is 130 cm³/mol. The van der Waals surface area contributed by atoms with Gasteiger partial charge in [0.05, 0.1) is 31.7 Å². The molecule has 2 fully saturated rings. The highest BCUT2D eigenvalue weighted by Gasteiger charge is 2.42. The first-order chi connectivity index (χ1) is 16.6. The third-order valence-corrected chi connectivity index (χ3v) is 6.94. The van der Waals surface area contributed by atoms with Crippen LogP contribution in [0.5, 0.6) is 11.5 Å². The number of carboxylic acids is 1. The van der Waals surface area contributed by atoms with E-state index in [0.29, 0.717) is 19.8 Å². The second-order valence-electron chi connectivity index (χ2n) is 9.49. The van der Waals surface area contributed by atoms with Crippen molar-refractivity contribution in [3.63, 3.8) is 0 Å². The molecule has 5 rings (SSSR count). The smallest absolute Gasteiger partial charge is 0.304 e. The summed E-state index contributed by atoms with van der Waals surface area (Å²) in [5.41, 5.74) is 3.93. The standard InChI is InChI=1S/C29H30O5/c30-28(31)16-29(19-32-20-29)25-9-13-27(14-10-25)34-18-22-5-2-6-24(15-22)23-7-11-26(12-8-23)33-17-21-3-1-4-21/h2,5-15,21H,1,3-4,16-20H2,(H,30,31). The van der Waals surface area contributed by atoms with Gasteiger partial charge in [0.25, 0.3) is 0 Å². The molecule has 1 aliphatic heterocycles. The Kier molecular flexibility index (Phi) is 6.54. The van der Waals surface area contributed by atoms with Crippen LogP contribution in [0, 0.1) is 5.92 Å². The van der Waals surface area contributed by atoms with E-state index in [-0.39, 0.29) is 6.42 Å². The molecule has 34 heavy (non-hydrogen) atoms. The summed E-state index contributed by atoms with van der Waals surface area (Å²) < 4.78 is 17.2. The molecule has 3 aromatic carbocycles. The molecule has 1 saturated carbocycles. The lowest BCUT2D eigenvalue weighted by Gasteiger charge is -2.40. The maximum absolute atomic E-state index is 11.2. The van der Waals surface area contributed by atoms with Gasteiger partial charge in [-0.1, -0.05) is 48.9 Å². The van der Waals surface area contributed by atoms with Crippen LogP contribution in [0.2, 0.25) is 0 Å². The Hall–Kier alpha value is -3.31. The number of carboxylic acid groups (broad SMARTS) is 1. The van der Waals surface area contributed by atoms with Gasteiger partial charge in [-0.3, -0.25) is 4.79 Å². The van der Waals surface area contributed by atoms with Gasteiger partial charge in [0.1, 0.15) is 18.1 Å². The van der Waals surface area contributed by atoms with E-state index >= 15 is 0 Å². The Labute approximate surface area is 200 Å². The highest BCUT2D eigenvalue weighted by atomic mass is 16.5. The highest BCUT2D eigenvalue weighted by molar-refractivity contribution is 5.69. The Bertz CT molecular complexity index is 1110. The Morgan fingerprint density at radius 1 is 0.912 bits per heavy atom. The first-order valence-electron chi connectivity index (χ1n) is 11.9. The summed E-state index contributed by atoms with van der Waals surface area (Å²) in [5, 5.41) is 9.23. The lowest BCUT2D eigenvalue weighted by molar-refractivity contribution is -0.145. The number of aliphatic carboxylic acids is 1. The number of rotatable bonds is 10. The largest absolute Gasteiger partial charge is 0.493 e. The van der Waals surface area contributed by atoms with E-state index in [2.05, 4.69) is 30.3 Å². The minimum atomic E-state index is -0.806. The van der Waals surface area contributed by atoms with Crippen molar-refractivity contribution in [2.24, 2.45) is 5.92 Å². The molecule has 0 atom stereocenters. The van der Waals surface area contributed by atoms with Gasteiger partial charge in [-0.15, -0.1) is 0 Å². The average molecular weight is 459 g/mol. The Morgan fingerprint density at radius 3 is 2.24 bits per heavy atom. The maximum atomic E-state index is 11.2. The summed E-state index contributed by atoms with van der Waals surface area (Å²) in [6, 6.07) is 24.4. The van der Waals surface area contributed by atoms with Gasteiger partial charge in [-0.05, 0) is 71.3 Å². The number of ether oxygens (including phenoxy) is 3. The fraction of sp³-hybridized carbons (Fsp3) is 0.345. The van der Waals surface area contributed by atoms with E-state index in [1.807, 2.05) is 42.5 Å². The normalized spacial score (nSPS) is 16.8. The average Bonchev–Trinajstić information content (AvgIpc) is 2.80. The first-order valence-corrected chi connectivity index (χ1v) is 11.9. The minimum Gasteiger partial charge on any atom is -0.493 e. The van der Waals surface area contributed by atoms with E-state index in [1.165, 1.54) is 19.3 Å². The third kappa shape index (κ3) is 5.10. The van der Waals surface area contributed by atoms with Gasteiger partial charge in [-0.25, -0.2) is 0 Å². The van der Waals surface area contributed by atoms with Crippen LogP contribution in [-0.4, -0.2) is 30.9 Å². The molecule has 5 heteroatoms. The molecule has 3 aromatic rings. The van der Waals surface area contributed by atoms with Gasteiger partial charge in [0.2, 0.25) is 0 Å². The molecule has 1 N–H and O–H groups in total. The quantitative estimate of drug-likeness (QED) is 0.413. The zero-order chi connectivity index (χ0) is 23.4. The van der Waals surface area contributed by atoms with Crippen LogP contribution >= 0.6 is 0 Å². The van der Waals surface area contributed by atoms with Crippen LogP contribution in [0.15, 0.2) is 72.8 Å². The number of hydrogen-bond donors (Lipinski definition) is 1. The molecule has 1 heterocycles. The van der Waals surface area contributed by atoms with Crippen molar-refractivity contribution in [2.75, 3.05) is 19.8 Å². The molecule has 1 saturated heterocycles. The molecular formula is C29H30O5.